The SMILES string of the molecule is Cc1ccc(CC(=O)Nc2ccc(NC(=O)C3CCCO3)cc2)cc1. The highest BCUT2D eigenvalue weighted by molar-refractivity contribution is 5.95. The van der Waals surface area contributed by atoms with E-state index in [0.29, 0.717) is 24.4 Å². The maximum absolute atomic E-state index is 12.1. The second-order valence-electron chi connectivity index (χ2n) is 6.28. The minimum atomic E-state index is -0.353. The predicted octanol–water partition coefficient (Wildman–Crippen LogP) is 3.29. The van der Waals surface area contributed by atoms with Crippen LogP contribution in [0.15, 0.2) is 48.5 Å². The first-order chi connectivity index (χ1) is 12.1. The van der Waals surface area contributed by atoms with Gasteiger partial charge in [0, 0.05) is 18.0 Å². The van der Waals surface area contributed by atoms with Crippen molar-refractivity contribution in [1.29, 1.82) is 0 Å². The molecule has 0 spiro atoms. The first-order valence-corrected chi connectivity index (χ1v) is 8.48. The average Bonchev–Trinajstić information content (AvgIpc) is 3.13. The number of nitrogens with one attached hydrogen (secondary N) is 2. The summed E-state index contributed by atoms with van der Waals surface area (Å²) in [5.74, 6) is -0.186. The molecule has 0 aliphatic carbocycles. The highest BCUT2D eigenvalue weighted by Gasteiger charge is 2.23. The van der Waals surface area contributed by atoms with Crippen molar-refractivity contribution in [3.8, 4) is 0 Å². The van der Waals surface area contributed by atoms with Crippen molar-refractivity contribution in [2.75, 3.05) is 17.2 Å². The molecule has 130 valence electrons. The van der Waals surface area contributed by atoms with Gasteiger partial charge in [0.05, 0.1) is 6.42 Å². The summed E-state index contributed by atoms with van der Waals surface area (Å²) in [6, 6.07) is 15.0. The van der Waals surface area contributed by atoms with Crippen molar-refractivity contribution in [2.24, 2.45) is 0 Å². The molecule has 3 rings (SSSR count). The number of ether oxygens (including phenoxy) is 1. The van der Waals surface area contributed by atoms with Gasteiger partial charge in [0.2, 0.25) is 5.91 Å². The summed E-state index contributed by atoms with van der Waals surface area (Å²) in [4.78, 5) is 24.1. The Hall–Kier alpha value is -2.66. The van der Waals surface area contributed by atoms with Gasteiger partial charge in [0.1, 0.15) is 6.10 Å². The highest BCUT2D eigenvalue weighted by atomic mass is 16.5. The molecule has 1 unspecified atom stereocenters. The number of aryl methyl sites for hydroxylation is 1. The maximum Gasteiger partial charge on any atom is 0.253 e. The van der Waals surface area contributed by atoms with Gasteiger partial charge in [-0.1, -0.05) is 29.8 Å². The fourth-order valence-electron chi connectivity index (χ4n) is 2.74. The number of amides is 2. The van der Waals surface area contributed by atoms with Gasteiger partial charge in [0.25, 0.3) is 5.91 Å². The van der Waals surface area contributed by atoms with Gasteiger partial charge >= 0.3 is 0 Å². The molecule has 1 heterocycles. The van der Waals surface area contributed by atoms with Crippen LogP contribution in [0, 0.1) is 6.92 Å². The van der Waals surface area contributed by atoms with E-state index in [1.165, 1.54) is 5.56 Å². The summed E-state index contributed by atoms with van der Waals surface area (Å²) in [7, 11) is 0. The minimum Gasteiger partial charge on any atom is -0.368 e. The maximum atomic E-state index is 12.1. The van der Waals surface area contributed by atoms with E-state index in [9.17, 15) is 9.59 Å². The molecule has 1 aliphatic rings. The third-order valence-corrected chi connectivity index (χ3v) is 4.14. The summed E-state index contributed by atoms with van der Waals surface area (Å²) >= 11 is 0. The molecule has 0 radical (unpaired) electrons. The highest BCUT2D eigenvalue weighted by Crippen LogP contribution is 2.17. The molecule has 1 fully saturated rings. The number of hydrogen-bond acceptors (Lipinski definition) is 3. The lowest BCUT2D eigenvalue weighted by atomic mass is 10.1. The van der Waals surface area contributed by atoms with Crippen LogP contribution in [0.5, 0.6) is 0 Å². The fraction of sp³-hybridized carbons (Fsp3) is 0.300. The molecular formula is C20H22N2O3. The molecule has 1 saturated heterocycles. The molecule has 5 heteroatoms. The zero-order chi connectivity index (χ0) is 17.6. The largest absolute Gasteiger partial charge is 0.368 e. The monoisotopic (exact) mass is 338 g/mol. The Bertz CT molecular complexity index is 733. The minimum absolute atomic E-state index is 0.0694. The molecule has 25 heavy (non-hydrogen) atoms. The van der Waals surface area contributed by atoms with E-state index in [2.05, 4.69) is 10.6 Å². The fourth-order valence-corrected chi connectivity index (χ4v) is 2.74. The summed E-state index contributed by atoms with van der Waals surface area (Å²) in [5.41, 5.74) is 3.54. The lowest BCUT2D eigenvalue weighted by Gasteiger charge is -2.11. The Morgan fingerprint density at radius 3 is 2.24 bits per heavy atom. The number of carbonyl (C=O) groups is 2. The van der Waals surface area contributed by atoms with E-state index >= 15 is 0 Å². The van der Waals surface area contributed by atoms with Crippen LogP contribution in [0.2, 0.25) is 0 Å². The van der Waals surface area contributed by atoms with E-state index in [1.54, 1.807) is 24.3 Å². The summed E-state index contributed by atoms with van der Waals surface area (Å²) in [6.45, 7) is 2.66. The zero-order valence-corrected chi connectivity index (χ0v) is 14.2. The molecule has 2 aromatic carbocycles. The van der Waals surface area contributed by atoms with Crippen molar-refractivity contribution in [3.05, 3.63) is 59.7 Å². The second-order valence-corrected chi connectivity index (χ2v) is 6.28. The van der Waals surface area contributed by atoms with Gasteiger partial charge in [-0.15, -0.1) is 0 Å². The standard InChI is InChI=1S/C20H22N2O3/c1-14-4-6-15(7-5-14)13-19(23)21-16-8-10-17(11-9-16)22-20(24)18-3-2-12-25-18/h4-11,18H,2-3,12-13H2,1H3,(H,21,23)(H,22,24). The van der Waals surface area contributed by atoms with Crippen LogP contribution in [0.3, 0.4) is 0 Å². The average molecular weight is 338 g/mol. The number of anilines is 2. The van der Waals surface area contributed by atoms with Gasteiger partial charge in [-0.05, 0) is 49.6 Å². The Labute approximate surface area is 147 Å². The van der Waals surface area contributed by atoms with E-state index in [1.807, 2.05) is 31.2 Å². The number of hydrogen-bond donors (Lipinski definition) is 2. The Kier molecular flexibility index (Phi) is 5.46. The topological polar surface area (TPSA) is 67.4 Å². The third kappa shape index (κ3) is 4.90. The van der Waals surface area contributed by atoms with Gasteiger partial charge in [-0.2, -0.15) is 0 Å². The van der Waals surface area contributed by atoms with Gasteiger partial charge < -0.3 is 15.4 Å². The molecule has 1 aliphatic heterocycles. The van der Waals surface area contributed by atoms with E-state index < -0.39 is 0 Å². The van der Waals surface area contributed by atoms with Crippen LogP contribution < -0.4 is 10.6 Å². The lowest BCUT2D eigenvalue weighted by molar-refractivity contribution is -0.124. The van der Waals surface area contributed by atoms with Gasteiger partial charge in [-0.3, -0.25) is 9.59 Å². The molecule has 2 amide bonds. The van der Waals surface area contributed by atoms with E-state index in [4.69, 9.17) is 4.74 Å². The summed E-state index contributed by atoms with van der Waals surface area (Å²) < 4.78 is 5.36. The Morgan fingerprint density at radius 2 is 1.64 bits per heavy atom. The molecule has 0 bridgehead atoms. The molecule has 5 nitrogen and oxygen atoms in total. The van der Waals surface area contributed by atoms with Crippen LogP contribution in [0.25, 0.3) is 0 Å². The smallest absolute Gasteiger partial charge is 0.253 e. The number of benzene rings is 2. The van der Waals surface area contributed by atoms with Crippen LogP contribution in [0.1, 0.15) is 24.0 Å². The summed E-state index contributed by atoms with van der Waals surface area (Å²) in [5, 5.41) is 5.70. The first-order valence-electron chi connectivity index (χ1n) is 8.48. The molecular weight excluding hydrogens is 316 g/mol. The van der Waals surface area contributed by atoms with E-state index in [-0.39, 0.29) is 17.9 Å². The quantitative estimate of drug-likeness (QED) is 0.879. The Balaban J connectivity index is 1.52. The van der Waals surface area contributed by atoms with Crippen LogP contribution in [-0.2, 0) is 20.7 Å². The van der Waals surface area contributed by atoms with Gasteiger partial charge in [0.15, 0.2) is 0 Å². The zero-order valence-electron chi connectivity index (χ0n) is 14.2. The molecule has 0 saturated carbocycles. The normalized spacial score (nSPS) is 16.4. The molecule has 2 aromatic rings. The van der Waals surface area contributed by atoms with Crippen molar-refractivity contribution >= 4 is 23.2 Å². The third-order valence-electron chi connectivity index (χ3n) is 4.14. The van der Waals surface area contributed by atoms with Crippen molar-refractivity contribution in [1.82, 2.24) is 0 Å². The number of rotatable bonds is 5. The van der Waals surface area contributed by atoms with Crippen molar-refractivity contribution in [2.45, 2.75) is 32.3 Å². The van der Waals surface area contributed by atoms with Crippen LogP contribution in [0.4, 0.5) is 11.4 Å². The van der Waals surface area contributed by atoms with Crippen LogP contribution >= 0.6 is 0 Å². The second kappa shape index (κ2) is 7.94. The van der Waals surface area contributed by atoms with Gasteiger partial charge in [-0.25, -0.2) is 0 Å². The molecule has 0 aromatic heterocycles. The lowest BCUT2D eigenvalue weighted by Crippen LogP contribution is -2.26. The van der Waals surface area contributed by atoms with Crippen molar-refractivity contribution in [3.63, 3.8) is 0 Å². The van der Waals surface area contributed by atoms with Crippen molar-refractivity contribution < 1.29 is 14.3 Å². The Morgan fingerprint density at radius 1 is 1.00 bits per heavy atom. The molecule has 2 N–H and O–H groups in total. The van der Waals surface area contributed by atoms with E-state index in [0.717, 1.165) is 18.4 Å². The first kappa shape index (κ1) is 17.2. The van der Waals surface area contributed by atoms with Crippen LogP contribution in [-0.4, -0.2) is 24.5 Å². The summed E-state index contributed by atoms with van der Waals surface area (Å²) in [6.07, 6.45) is 1.66. The molecule has 1 atom stereocenters. The number of carbonyl (C=O) groups excluding carboxylic acids is 2. The predicted molar refractivity (Wildman–Crippen MR) is 97.6 cm³/mol.